The SMILES string of the molecule is CCCOC(=O)NC(C(=O)N1CCCC1)C(C)SC(C)C.O=CNCC1CCCCC1. The van der Waals surface area contributed by atoms with Crippen LogP contribution in [0.15, 0.2) is 0 Å². The van der Waals surface area contributed by atoms with Gasteiger partial charge in [-0.05, 0) is 43.3 Å². The molecule has 1 aliphatic heterocycles. The summed E-state index contributed by atoms with van der Waals surface area (Å²) in [7, 11) is 0. The van der Waals surface area contributed by atoms with Crippen LogP contribution in [0.3, 0.4) is 0 Å². The standard InChI is InChI=1S/C15H28N2O3S.C8H15NO/c1-5-10-20-15(19)16-13(12(4)21-11(2)3)14(18)17-8-6-7-9-17;10-7-9-6-8-4-2-1-3-5-8/h11-13H,5-10H2,1-4H3,(H,16,19);7-8H,1-6H2,(H,9,10). The summed E-state index contributed by atoms with van der Waals surface area (Å²) in [5.41, 5.74) is 0. The highest BCUT2D eigenvalue weighted by Crippen LogP contribution is 2.23. The Hall–Kier alpha value is -1.44. The molecule has 2 N–H and O–H groups in total. The normalized spacial score (nSPS) is 18.5. The average molecular weight is 458 g/mol. The van der Waals surface area contributed by atoms with Crippen molar-refractivity contribution in [1.82, 2.24) is 15.5 Å². The maximum atomic E-state index is 12.6. The summed E-state index contributed by atoms with van der Waals surface area (Å²) in [6, 6.07) is -0.514. The summed E-state index contributed by atoms with van der Waals surface area (Å²) in [6.07, 6.45) is 9.87. The Morgan fingerprint density at radius 3 is 2.29 bits per heavy atom. The van der Waals surface area contributed by atoms with E-state index in [0.29, 0.717) is 11.9 Å². The zero-order chi connectivity index (χ0) is 23.1. The van der Waals surface area contributed by atoms with E-state index in [9.17, 15) is 14.4 Å². The lowest BCUT2D eigenvalue weighted by Gasteiger charge is -2.28. The molecule has 0 aromatic heterocycles. The number of carbonyl (C=O) groups is 3. The van der Waals surface area contributed by atoms with Crippen molar-refractivity contribution in [3.63, 3.8) is 0 Å². The third kappa shape index (κ3) is 11.7. The zero-order valence-corrected chi connectivity index (χ0v) is 20.7. The van der Waals surface area contributed by atoms with Crippen LogP contribution in [-0.4, -0.2) is 66.1 Å². The lowest BCUT2D eigenvalue weighted by molar-refractivity contribution is -0.132. The Morgan fingerprint density at radius 2 is 1.74 bits per heavy atom. The fourth-order valence-electron chi connectivity index (χ4n) is 3.99. The van der Waals surface area contributed by atoms with Crippen LogP contribution in [0.25, 0.3) is 0 Å². The molecule has 180 valence electrons. The van der Waals surface area contributed by atoms with Crippen LogP contribution in [0.4, 0.5) is 4.79 Å². The molecule has 2 atom stereocenters. The van der Waals surface area contributed by atoms with Crippen LogP contribution in [0.1, 0.15) is 79.1 Å². The number of likely N-dealkylation sites (tertiary alicyclic amines) is 1. The van der Waals surface area contributed by atoms with Crippen molar-refractivity contribution in [2.24, 2.45) is 5.92 Å². The lowest BCUT2D eigenvalue weighted by Crippen LogP contribution is -2.52. The van der Waals surface area contributed by atoms with Gasteiger partial charge in [0.1, 0.15) is 6.04 Å². The van der Waals surface area contributed by atoms with E-state index in [1.165, 1.54) is 32.1 Å². The first-order valence-electron chi connectivity index (χ1n) is 11.9. The average Bonchev–Trinajstić information content (AvgIpc) is 3.29. The van der Waals surface area contributed by atoms with Gasteiger partial charge in [0.05, 0.1) is 6.61 Å². The highest BCUT2D eigenvalue weighted by atomic mass is 32.2. The van der Waals surface area contributed by atoms with Gasteiger partial charge in [-0.1, -0.05) is 47.0 Å². The van der Waals surface area contributed by atoms with Crippen molar-refractivity contribution < 1.29 is 19.1 Å². The largest absolute Gasteiger partial charge is 0.450 e. The Balaban J connectivity index is 0.000000399. The summed E-state index contributed by atoms with van der Waals surface area (Å²) in [5, 5.41) is 5.92. The van der Waals surface area contributed by atoms with Crippen LogP contribution in [0, 0.1) is 5.92 Å². The third-order valence-electron chi connectivity index (χ3n) is 5.57. The summed E-state index contributed by atoms with van der Waals surface area (Å²) >= 11 is 1.70. The van der Waals surface area contributed by atoms with Gasteiger partial charge in [0.2, 0.25) is 12.3 Å². The zero-order valence-electron chi connectivity index (χ0n) is 19.9. The summed E-state index contributed by atoms with van der Waals surface area (Å²) < 4.78 is 5.06. The molecule has 2 unspecified atom stereocenters. The number of hydrogen-bond donors (Lipinski definition) is 2. The number of amides is 3. The van der Waals surface area contributed by atoms with Gasteiger partial charge in [-0.15, -0.1) is 0 Å². The molecule has 2 rings (SSSR count). The Morgan fingerprint density at radius 1 is 1.10 bits per heavy atom. The number of nitrogens with zero attached hydrogens (tertiary/aromatic N) is 1. The lowest BCUT2D eigenvalue weighted by atomic mass is 9.89. The molecule has 0 bridgehead atoms. The van der Waals surface area contributed by atoms with Crippen LogP contribution >= 0.6 is 11.8 Å². The van der Waals surface area contributed by atoms with Crippen molar-refractivity contribution >= 4 is 30.2 Å². The first-order valence-corrected chi connectivity index (χ1v) is 12.9. The Kier molecular flexibility index (Phi) is 14.4. The predicted molar refractivity (Wildman–Crippen MR) is 127 cm³/mol. The van der Waals surface area contributed by atoms with Crippen molar-refractivity contribution in [2.45, 2.75) is 95.6 Å². The molecule has 1 saturated heterocycles. The van der Waals surface area contributed by atoms with E-state index in [2.05, 4.69) is 24.5 Å². The molecule has 3 amide bonds. The van der Waals surface area contributed by atoms with Gasteiger partial charge in [0.25, 0.3) is 0 Å². The van der Waals surface area contributed by atoms with E-state index in [-0.39, 0.29) is 11.2 Å². The molecule has 1 aliphatic carbocycles. The fraction of sp³-hybridized carbons (Fsp3) is 0.870. The minimum atomic E-state index is -0.514. The van der Waals surface area contributed by atoms with E-state index in [4.69, 9.17) is 4.74 Å². The Bertz CT molecular complexity index is 521. The van der Waals surface area contributed by atoms with E-state index < -0.39 is 12.1 Å². The second-order valence-corrected chi connectivity index (χ2v) is 10.7. The maximum absolute atomic E-state index is 12.6. The van der Waals surface area contributed by atoms with Gasteiger partial charge >= 0.3 is 6.09 Å². The molecule has 2 fully saturated rings. The topological polar surface area (TPSA) is 87.7 Å². The molecule has 1 saturated carbocycles. The van der Waals surface area contributed by atoms with Gasteiger partial charge in [0, 0.05) is 24.9 Å². The molecule has 7 nitrogen and oxygen atoms in total. The van der Waals surface area contributed by atoms with E-state index in [0.717, 1.165) is 51.2 Å². The number of alkyl carbamates (subject to hydrolysis) is 1. The molecule has 0 aromatic carbocycles. The summed E-state index contributed by atoms with van der Waals surface area (Å²) in [5.74, 6) is 0.778. The molecule has 0 radical (unpaired) electrons. The predicted octanol–water partition coefficient (Wildman–Crippen LogP) is 3.96. The molecule has 31 heavy (non-hydrogen) atoms. The highest BCUT2D eigenvalue weighted by Gasteiger charge is 2.33. The third-order valence-corrected chi connectivity index (χ3v) is 6.81. The first-order chi connectivity index (χ1) is 14.9. The van der Waals surface area contributed by atoms with Crippen molar-refractivity contribution in [3.8, 4) is 0 Å². The van der Waals surface area contributed by atoms with Crippen molar-refractivity contribution in [3.05, 3.63) is 0 Å². The van der Waals surface area contributed by atoms with E-state index in [1.54, 1.807) is 11.8 Å². The maximum Gasteiger partial charge on any atom is 0.407 e. The van der Waals surface area contributed by atoms with E-state index in [1.807, 2.05) is 18.7 Å². The van der Waals surface area contributed by atoms with Crippen molar-refractivity contribution in [2.75, 3.05) is 26.2 Å². The minimum Gasteiger partial charge on any atom is -0.450 e. The molecule has 1 heterocycles. The minimum absolute atomic E-state index is 0.0154. The monoisotopic (exact) mass is 457 g/mol. The molecule has 2 aliphatic rings. The van der Waals surface area contributed by atoms with E-state index >= 15 is 0 Å². The number of ether oxygens (including phenoxy) is 1. The van der Waals surface area contributed by atoms with Crippen LogP contribution in [0.5, 0.6) is 0 Å². The quantitative estimate of drug-likeness (QED) is 0.485. The summed E-state index contributed by atoms with van der Waals surface area (Å²) in [6.45, 7) is 11.0. The summed E-state index contributed by atoms with van der Waals surface area (Å²) in [4.78, 5) is 36.2. The second-order valence-electron chi connectivity index (χ2n) is 8.71. The molecule has 0 aromatic rings. The Labute approximate surface area is 192 Å². The van der Waals surface area contributed by atoms with Crippen LogP contribution < -0.4 is 10.6 Å². The number of thioether (sulfide) groups is 1. The van der Waals surface area contributed by atoms with Gasteiger partial charge in [0.15, 0.2) is 0 Å². The highest BCUT2D eigenvalue weighted by molar-refractivity contribution is 8.00. The number of hydrogen-bond acceptors (Lipinski definition) is 5. The fourth-order valence-corrected chi connectivity index (χ4v) is 5.19. The van der Waals surface area contributed by atoms with Crippen LogP contribution in [-0.2, 0) is 14.3 Å². The number of nitrogens with one attached hydrogen (secondary N) is 2. The first kappa shape index (κ1) is 27.6. The van der Waals surface area contributed by atoms with Gasteiger partial charge < -0.3 is 20.3 Å². The van der Waals surface area contributed by atoms with Gasteiger partial charge in [-0.3, -0.25) is 9.59 Å². The van der Waals surface area contributed by atoms with Crippen LogP contribution in [0.2, 0.25) is 0 Å². The smallest absolute Gasteiger partial charge is 0.407 e. The van der Waals surface area contributed by atoms with Gasteiger partial charge in [-0.2, -0.15) is 11.8 Å². The molecular weight excluding hydrogens is 414 g/mol. The van der Waals surface area contributed by atoms with Crippen molar-refractivity contribution in [1.29, 1.82) is 0 Å². The molecule has 0 spiro atoms. The molecular formula is C23H43N3O4S. The van der Waals surface area contributed by atoms with Gasteiger partial charge in [-0.25, -0.2) is 4.79 Å². The number of rotatable bonds is 10. The number of carbonyl (C=O) groups excluding carboxylic acids is 3. The molecule has 8 heteroatoms. The second kappa shape index (κ2) is 16.2.